The zero-order valence-electron chi connectivity index (χ0n) is 9.43. The van der Waals surface area contributed by atoms with Crippen LogP contribution in [0.5, 0.6) is 11.5 Å². The third-order valence-electron chi connectivity index (χ3n) is 2.87. The van der Waals surface area contributed by atoms with E-state index in [0.717, 1.165) is 34.8 Å². The Labute approximate surface area is 98.2 Å². The first kappa shape index (κ1) is 9.97. The number of aromatic nitrogens is 2. The highest BCUT2D eigenvalue weighted by molar-refractivity contribution is 5.81. The number of hydrogen-bond donors (Lipinski definition) is 0. The molecule has 17 heavy (non-hydrogen) atoms. The third kappa shape index (κ3) is 1.41. The van der Waals surface area contributed by atoms with E-state index in [1.807, 2.05) is 23.6 Å². The number of fused-ring (bicyclic) bond motifs is 2. The average Bonchev–Trinajstić information content (AvgIpc) is 2.91. The third-order valence-corrected chi connectivity index (χ3v) is 2.87. The number of nitrogens with zero attached hydrogens (tertiary/aromatic N) is 3. The fraction of sp³-hybridized carbons (Fsp3) is 0.333. The molecule has 0 radical (unpaired) electrons. The molecule has 1 aromatic carbocycles. The lowest BCUT2D eigenvalue weighted by Crippen LogP contribution is -2.01. The van der Waals surface area contributed by atoms with Crippen LogP contribution in [0, 0.1) is 11.3 Å². The van der Waals surface area contributed by atoms with Gasteiger partial charge in [0.2, 0.25) is 6.79 Å². The maximum atomic E-state index is 8.86. The standard InChI is InChI=1S/C12H11N3O2/c1-2-12-14-8-5-10-11(17-7-16-10)6-9(8)15(12)4-3-13/h5-6H,2,4,7H2,1H3. The second kappa shape index (κ2) is 3.67. The van der Waals surface area contributed by atoms with Gasteiger partial charge in [0.05, 0.1) is 17.1 Å². The zero-order valence-corrected chi connectivity index (χ0v) is 9.43. The van der Waals surface area contributed by atoms with Gasteiger partial charge in [-0.25, -0.2) is 4.98 Å². The normalized spacial score (nSPS) is 12.9. The lowest BCUT2D eigenvalue weighted by atomic mass is 10.2. The van der Waals surface area contributed by atoms with Crippen LogP contribution in [0.1, 0.15) is 12.7 Å². The lowest BCUT2D eigenvalue weighted by molar-refractivity contribution is 0.174. The van der Waals surface area contributed by atoms with E-state index in [-0.39, 0.29) is 6.79 Å². The first-order valence-electron chi connectivity index (χ1n) is 5.49. The molecule has 1 aromatic heterocycles. The summed E-state index contributed by atoms with van der Waals surface area (Å²) in [7, 11) is 0. The molecule has 2 aromatic rings. The van der Waals surface area contributed by atoms with Gasteiger partial charge < -0.3 is 14.0 Å². The molecule has 0 N–H and O–H groups in total. The highest BCUT2D eigenvalue weighted by Gasteiger charge is 2.18. The van der Waals surface area contributed by atoms with E-state index in [1.165, 1.54) is 0 Å². The number of ether oxygens (including phenoxy) is 2. The molecule has 5 heteroatoms. The fourth-order valence-electron chi connectivity index (χ4n) is 2.08. The first-order valence-corrected chi connectivity index (χ1v) is 5.49. The minimum absolute atomic E-state index is 0.251. The summed E-state index contributed by atoms with van der Waals surface area (Å²) in [6.07, 6.45) is 0.794. The van der Waals surface area contributed by atoms with E-state index < -0.39 is 0 Å². The van der Waals surface area contributed by atoms with Crippen LogP contribution in [-0.4, -0.2) is 16.3 Å². The molecule has 0 bridgehead atoms. The van der Waals surface area contributed by atoms with Gasteiger partial charge >= 0.3 is 0 Å². The predicted molar refractivity (Wildman–Crippen MR) is 60.8 cm³/mol. The van der Waals surface area contributed by atoms with Gasteiger partial charge in [0, 0.05) is 18.6 Å². The highest BCUT2D eigenvalue weighted by atomic mass is 16.7. The van der Waals surface area contributed by atoms with Crippen LogP contribution in [0.4, 0.5) is 0 Å². The summed E-state index contributed by atoms with van der Waals surface area (Å²) in [5, 5.41) is 8.86. The molecule has 0 spiro atoms. The molecule has 0 saturated carbocycles. The molecule has 0 amide bonds. The van der Waals surface area contributed by atoms with Crippen molar-refractivity contribution in [2.75, 3.05) is 6.79 Å². The van der Waals surface area contributed by atoms with Crippen LogP contribution in [0.15, 0.2) is 12.1 Å². The second-order valence-corrected chi connectivity index (χ2v) is 3.82. The molecular formula is C12H11N3O2. The number of rotatable bonds is 2. The zero-order chi connectivity index (χ0) is 11.8. The molecule has 0 saturated heterocycles. The van der Waals surface area contributed by atoms with Crippen molar-refractivity contribution in [1.29, 1.82) is 5.26 Å². The Hall–Kier alpha value is -2.22. The van der Waals surface area contributed by atoms with Crippen molar-refractivity contribution in [3.05, 3.63) is 18.0 Å². The van der Waals surface area contributed by atoms with Crippen LogP contribution in [0.3, 0.4) is 0 Å². The van der Waals surface area contributed by atoms with Gasteiger partial charge in [-0.1, -0.05) is 6.92 Å². The predicted octanol–water partition coefficient (Wildman–Crippen LogP) is 1.85. The van der Waals surface area contributed by atoms with E-state index in [2.05, 4.69) is 11.1 Å². The molecular weight excluding hydrogens is 218 g/mol. The molecule has 3 rings (SSSR count). The summed E-state index contributed by atoms with van der Waals surface area (Å²) in [5.41, 5.74) is 1.77. The van der Waals surface area contributed by atoms with E-state index in [1.54, 1.807) is 0 Å². The molecule has 0 fully saturated rings. The van der Waals surface area contributed by atoms with Gasteiger partial charge in [-0.05, 0) is 0 Å². The molecule has 0 atom stereocenters. The molecule has 0 unspecified atom stereocenters. The Balaban J connectivity index is 2.26. The van der Waals surface area contributed by atoms with Crippen LogP contribution < -0.4 is 9.47 Å². The number of hydrogen-bond acceptors (Lipinski definition) is 4. The van der Waals surface area contributed by atoms with E-state index in [0.29, 0.717) is 6.54 Å². The van der Waals surface area contributed by atoms with Crippen LogP contribution in [0.25, 0.3) is 11.0 Å². The molecule has 5 nitrogen and oxygen atoms in total. The summed E-state index contributed by atoms with van der Waals surface area (Å²) in [5.74, 6) is 2.35. The van der Waals surface area contributed by atoms with Gasteiger partial charge in [-0.15, -0.1) is 0 Å². The quantitative estimate of drug-likeness (QED) is 0.788. The Morgan fingerprint density at radius 3 is 2.88 bits per heavy atom. The van der Waals surface area contributed by atoms with Gasteiger partial charge in [-0.3, -0.25) is 0 Å². The smallest absolute Gasteiger partial charge is 0.231 e. The van der Waals surface area contributed by atoms with Crippen molar-refractivity contribution >= 4 is 11.0 Å². The largest absolute Gasteiger partial charge is 0.454 e. The van der Waals surface area contributed by atoms with Crippen molar-refractivity contribution < 1.29 is 9.47 Å². The van der Waals surface area contributed by atoms with Crippen LogP contribution in [-0.2, 0) is 13.0 Å². The summed E-state index contributed by atoms with van der Waals surface area (Å²) in [6.45, 7) is 2.58. The van der Waals surface area contributed by atoms with Gasteiger partial charge in [0.1, 0.15) is 12.4 Å². The van der Waals surface area contributed by atoms with E-state index in [9.17, 15) is 0 Å². The second-order valence-electron chi connectivity index (χ2n) is 3.82. The van der Waals surface area contributed by atoms with Gasteiger partial charge in [-0.2, -0.15) is 5.26 Å². The minimum Gasteiger partial charge on any atom is -0.454 e. The Morgan fingerprint density at radius 1 is 1.41 bits per heavy atom. The van der Waals surface area contributed by atoms with Crippen molar-refractivity contribution in [2.24, 2.45) is 0 Å². The summed E-state index contributed by atoms with van der Waals surface area (Å²) in [4.78, 5) is 4.50. The number of nitriles is 1. The Bertz CT molecular complexity index is 625. The van der Waals surface area contributed by atoms with E-state index >= 15 is 0 Å². The van der Waals surface area contributed by atoms with E-state index in [4.69, 9.17) is 14.7 Å². The monoisotopic (exact) mass is 229 g/mol. The Kier molecular flexibility index (Phi) is 2.15. The van der Waals surface area contributed by atoms with Crippen molar-refractivity contribution in [2.45, 2.75) is 19.9 Å². The van der Waals surface area contributed by atoms with Gasteiger partial charge in [0.15, 0.2) is 11.5 Å². The minimum atomic E-state index is 0.251. The SMILES string of the molecule is CCc1nc2cc3c(cc2n1CC#N)OCO3. The lowest BCUT2D eigenvalue weighted by Gasteiger charge is -2.02. The van der Waals surface area contributed by atoms with Crippen LogP contribution in [0.2, 0.25) is 0 Å². The molecule has 0 aliphatic carbocycles. The number of benzene rings is 1. The summed E-state index contributed by atoms with van der Waals surface area (Å²) in [6, 6.07) is 5.91. The fourth-order valence-corrected chi connectivity index (χ4v) is 2.08. The maximum Gasteiger partial charge on any atom is 0.231 e. The molecule has 1 aliphatic rings. The van der Waals surface area contributed by atoms with Crippen molar-refractivity contribution in [3.8, 4) is 17.6 Å². The maximum absolute atomic E-state index is 8.86. The highest BCUT2D eigenvalue weighted by Crippen LogP contribution is 2.36. The van der Waals surface area contributed by atoms with Crippen molar-refractivity contribution in [1.82, 2.24) is 9.55 Å². The summed E-state index contributed by atoms with van der Waals surface area (Å²) >= 11 is 0. The topological polar surface area (TPSA) is 60.1 Å². The number of aryl methyl sites for hydroxylation is 1. The molecule has 86 valence electrons. The Morgan fingerprint density at radius 2 is 2.18 bits per heavy atom. The van der Waals surface area contributed by atoms with Gasteiger partial charge in [0.25, 0.3) is 0 Å². The average molecular weight is 229 g/mol. The first-order chi connectivity index (χ1) is 8.33. The molecule has 1 aliphatic heterocycles. The summed E-state index contributed by atoms with van der Waals surface area (Å²) < 4.78 is 12.6. The molecule has 2 heterocycles. The number of imidazole rings is 1. The van der Waals surface area contributed by atoms with Crippen molar-refractivity contribution in [3.63, 3.8) is 0 Å². The van der Waals surface area contributed by atoms with Crippen LogP contribution >= 0.6 is 0 Å².